The molecular weight excluding hydrogens is 523 g/mol. The maximum Gasteiger partial charge on any atom is 0.269 e. The Balaban J connectivity index is 1.52. The number of hydrogen-bond donors (Lipinski definition) is 0. The van der Waals surface area contributed by atoms with Crippen molar-refractivity contribution in [2.75, 3.05) is 4.90 Å². The van der Waals surface area contributed by atoms with Crippen molar-refractivity contribution < 1.29 is 23.7 Å². The summed E-state index contributed by atoms with van der Waals surface area (Å²) in [5, 5.41) is 11.3. The summed E-state index contributed by atoms with van der Waals surface area (Å²) in [6.07, 6.45) is 3.67. The molecule has 3 aliphatic rings. The number of nitrogens with zero attached hydrogens (tertiary/aromatic N) is 2. The molecule has 4 aromatic carbocycles. The summed E-state index contributed by atoms with van der Waals surface area (Å²) in [5.74, 6) is -2.65. The summed E-state index contributed by atoms with van der Waals surface area (Å²) in [5.41, 5.74) is 0.886. The van der Waals surface area contributed by atoms with Crippen molar-refractivity contribution in [2.45, 2.75) is 18.0 Å². The third-order valence-corrected chi connectivity index (χ3v) is 8.57. The molecule has 0 bridgehead atoms. The number of carbonyl (C=O) groups is 3. The van der Waals surface area contributed by atoms with Crippen molar-refractivity contribution in [2.24, 2.45) is 5.41 Å². The molecule has 1 saturated heterocycles. The first-order chi connectivity index (χ1) is 19.8. The quantitative estimate of drug-likeness (QED) is 0.134. The molecule has 0 saturated carbocycles. The van der Waals surface area contributed by atoms with E-state index in [1.54, 1.807) is 24.3 Å². The van der Waals surface area contributed by atoms with Crippen molar-refractivity contribution in [1.29, 1.82) is 0 Å². The summed E-state index contributed by atoms with van der Waals surface area (Å²) < 4.78 is 14.1. The molecule has 3 atom stereocenters. The Morgan fingerprint density at radius 2 is 1.44 bits per heavy atom. The molecular formula is C33H21FN2O5. The Morgan fingerprint density at radius 1 is 0.829 bits per heavy atom. The van der Waals surface area contributed by atoms with E-state index in [2.05, 4.69) is 0 Å². The van der Waals surface area contributed by atoms with Crippen molar-refractivity contribution in [3.63, 3.8) is 0 Å². The summed E-state index contributed by atoms with van der Waals surface area (Å²) in [6, 6.07) is 23.1. The summed E-state index contributed by atoms with van der Waals surface area (Å²) >= 11 is 0. The van der Waals surface area contributed by atoms with E-state index in [9.17, 15) is 28.9 Å². The summed E-state index contributed by atoms with van der Waals surface area (Å²) in [4.78, 5) is 56.2. The second-order valence-electron chi connectivity index (χ2n) is 10.5. The van der Waals surface area contributed by atoms with Crippen molar-refractivity contribution in [3.8, 4) is 0 Å². The largest absolute Gasteiger partial charge is 0.352 e. The molecule has 7 nitrogen and oxygen atoms in total. The van der Waals surface area contributed by atoms with Crippen LogP contribution in [0.5, 0.6) is 0 Å². The maximum atomic E-state index is 14.5. The predicted octanol–water partition coefficient (Wildman–Crippen LogP) is 6.05. The van der Waals surface area contributed by atoms with E-state index in [0.717, 1.165) is 5.56 Å². The lowest BCUT2D eigenvalue weighted by Gasteiger charge is -2.37. The molecule has 4 aromatic rings. The first-order valence-electron chi connectivity index (χ1n) is 13.1. The van der Waals surface area contributed by atoms with Crippen LogP contribution in [0.15, 0.2) is 103 Å². The van der Waals surface area contributed by atoms with Gasteiger partial charge in [-0.2, -0.15) is 0 Å². The van der Waals surface area contributed by atoms with Crippen LogP contribution in [0.1, 0.15) is 48.1 Å². The van der Waals surface area contributed by atoms with Crippen LogP contribution in [0, 0.1) is 21.3 Å². The number of benzene rings is 4. The van der Waals surface area contributed by atoms with Gasteiger partial charge in [-0.1, -0.05) is 66.7 Å². The van der Waals surface area contributed by atoms with E-state index in [-0.39, 0.29) is 22.8 Å². The van der Waals surface area contributed by atoms with E-state index in [1.807, 2.05) is 41.3 Å². The number of nitro benzene ring substituents is 1. The molecule has 41 heavy (non-hydrogen) atoms. The van der Waals surface area contributed by atoms with Gasteiger partial charge in [-0.25, -0.2) is 4.39 Å². The molecule has 1 aliphatic carbocycles. The fourth-order valence-electron chi connectivity index (χ4n) is 6.88. The number of nitro groups is 1. The van der Waals surface area contributed by atoms with Gasteiger partial charge in [0.25, 0.3) is 5.69 Å². The van der Waals surface area contributed by atoms with Crippen molar-refractivity contribution >= 4 is 34.8 Å². The van der Waals surface area contributed by atoms with E-state index in [0.29, 0.717) is 22.4 Å². The van der Waals surface area contributed by atoms with E-state index < -0.39 is 39.9 Å². The molecule has 0 radical (unpaired) electrons. The number of para-hydroxylation sites is 1. The standard InChI is InChI=1S/C33H21FN2O5/c34-22-14-9-20(10-15-22)28-29(30(37)21-11-16-23(17-12-21)36(40)41)35-26-8-4-1-5-19(26)13-18-27(35)33(28)31(38)24-6-2-3-7-25(24)32(33)39/h1-18,27-29H/t27-,28-,29+/m0/s1. The Bertz CT molecular complexity index is 1780. The molecule has 0 aromatic heterocycles. The maximum absolute atomic E-state index is 14.5. The molecule has 2 aliphatic heterocycles. The first-order valence-corrected chi connectivity index (χ1v) is 13.1. The SMILES string of the molecule is O=C(c1ccc([N+](=O)[O-])cc1)[C@H]1[C@H](c2ccc(F)cc2)C2(C(=O)c3ccccc3C2=O)[C@@H]2C=Cc3ccccc3N21. The smallest absolute Gasteiger partial charge is 0.269 e. The zero-order chi connectivity index (χ0) is 28.5. The molecule has 7 rings (SSSR count). The Labute approximate surface area is 233 Å². The number of anilines is 1. The lowest BCUT2D eigenvalue weighted by atomic mass is 9.64. The Hall–Kier alpha value is -5.24. The lowest BCUT2D eigenvalue weighted by Crippen LogP contribution is -2.48. The molecule has 2 heterocycles. The number of carbonyl (C=O) groups excluding carboxylic acids is 3. The van der Waals surface area contributed by atoms with Crippen LogP contribution in [0.4, 0.5) is 15.8 Å². The van der Waals surface area contributed by atoms with Gasteiger partial charge in [-0.3, -0.25) is 24.5 Å². The fourth-order valence-corrected chi connectivity index (χ4v) is 6.88. The Morgan fingerprint density at radius 3 is 2.07 bits per heavy atom. The van der Waals surface area contributed by atoms with Crippen LogP contribution >= 0.6 is 0 Å². The molecule has 1 spiro atoms. The second kappa shape index (κ2) is 8.89. The normalized spacial score (nSPS) is 21.5. The molecule has 8 heteroatoms. The topological polar surface area (TPSA) is 97.6 Å². The zero-order valence-electron chi connectivity index (χ0n) is 21.4. The van der Waals surface area contributed by atoms with Gasteiger partial charge in [-0.05, 0) is 41.5 Å². The zero-order valence-corrected chi connectivity index (χ0v) is 21.4. The highest BCUT2D eigenvalue weighted by Gasteiger charge is 2.71. The first kappa shape index (κ1) is 24.8. The van der Waals surface area contributed by atoms with Crippen molar-refractivity contribution in [1.82, 2.24) is 0 Å². The third kappa shape index (κ3) is 3.34. The number of fused-ring (bicyclic) bond motifs is 5. The summed E-state index contributed by atoms with van der Waals surface area (Å²) in [6.45, 7) is 0. The number of halogens is 1. The highest BCUT2D eigenvalue weighted by molar-refractivity contribution is 6.32. The average molecular weight is 545 g/mol. The van der Waals surface area contributed by atoms with Gasteiger partial charge < -0.3 is 4.90 Å². The minimum absolute atomic E-state index is 0.166. The minimum Gasteiger partial charge on any atom is -0.352 e. The molecule has 0 N–H and O–H groups in total. The number of ketones is 3. The third-order valence-electron chi connectivity index (χ3n) is 8.57. The molecule has 0 unspecified atom stereocenters. The lowest BCUT2D eigenvalue weighted by molar-refractivity contribution is -0.384. The van der Waals surface area contributed by atoms with E-state index >= 15 is 0 Å². The number of non-ortho nitro benzene ring substituents is 1. The monoisotopic (exact) mass is 544 g/mol. The second-order valence-corrected chi connectivity index (χ2v) is 10.5. The molecule has 200 valence electrons. The van der Waals surface area contributed by atoms with Gasteiger partial charge >= 0.3 is 0 Å². The number of hydrogen-bond acceptors (Lipinski definition) is 6. The molecule has 0 amide bonds. The van der Waals surface area contributed by atoms with Crippen LogP contribution in [0.3, 0.4) is 0 Å². The van der Waals surface area contributed by atoms with Crippen LogP contribution in [0.25, 0.3) is 6.08 Å². The van der Waals surface area contributed by atoms with Crippen LogP contribution < -0.4 is 4.90 Å². The van der Waals surface area contributed by atoms with Gasteiger partial charge in [0.05, 0.1) is 11.0 Å². The van der Waals surface area contributed by atoms with Crippen LogP contribution in [0.2, 0.25) is 0 Å². The van der Waals surface area contributed by atoms with Gasteiger partial charge in [0, 0.05) is 40.4 Å². The van der Waals surface area contributed by atoms with Gasteiger partial charge in [0.1, 0.15) is 17.3 Å². The number of rotatable bonds is 4. The average Bonchev–Trinajstić information content (AvgIpc) is 3.43. The van der Waals surface area contributed by atoms with Crippen molar-refractivity contribution in [3.05, 3.63) is 147 Å². The van der Waals surface area contributed by atoms with Gasteiger partial charge in [-0.15, -0.1) is 0 Å². The minimum atomic E-state index is -1.70. The van der Waals surface area contributed by atoms with Gasteiger partial charge in [0.15, 0.2) is 17.3 Å². The summed E-state index contributed by atoms with van der Waals surface area (Å²) in [7, 11) is 0. The van der Waals surface area contributed by atoms with E-state index in [4.69, 9.17) is 0 Å². The van der Waals surface area contributed by atoms with Crippen LogP contribution in [-0.2, 0) is 0 Å². The van der Waals surface area contributed by atoms with E-state index in [1.165, 1.54) is 48.5 Å². The Kier molecular flexibility index (Phi) is 5.37. The van der Waals surface area contributed by atoms with Gasteiger partial charge in [0.2, 0.25) is 0 Å². The fraction of sp³-hybridized carbons (Fsp3) is 0.121. The number of Topliss-reactive ketones (excluding diaryl/α,β-unsaturated/α-hetero) is 3. The highest BCUT2D eigenvalue weighted by Crippen LogP contribution is 2.60. The van der Waals surface area contributed by atoms with Crippen LogP contribution in [-0.4, -0.2) is 34.4 Å². The molecule has 1 fully saturated rings. The highest BCUT2D eigenvalue weighted by atomic mass is 19.1. The predicted molar refractivity (Wildman–Crippen MR) is 150 cm³/mol.